The lowest BCUT2D eigenvalue weighted by Gasteiger charge is -2.18. The molecule has 1 aromatic carbocycles. The van der Waals surface area contributed by atoms with Gasteiger partial charge in [-0.3, -0.25) is 9.48 Å². The smallest absolute Gasteiger partial charge is 0.253 e. The van der Waals surface area contributed by atoms with Gasteiger partial charge in [-0.15, -0.1) is 0 Å². The van der Waals surface area contributed by atoms with Crippen molar-refractivity contribution >= 4 is 16.9 Å². The Balaban J connectivity index is 1.62. The zero-order valence-electron chi connectivity index (χ0n) is 17.1. The van der Waals surface area contributed by atoms with Crippen molar-refractivity contribution in [2.24, 2.45) is 7.05 Å². The fourth-order valence-electron chi connectivity index (χ4n) is 3.80. The fourth-order valence-corrected chi connectivity index (χ4v) is 3.80. The number of hydrogen-bond donors (Lipinski definition) is 1. The van der Waals surface area contributed by atoms with Crippen molar-refractivity contribution in [3.05, 3.63) is 95.8 Å². The summed E-state index contributed by atoms with van der Waals surface area (Å²) in [6.45, 7) is 1.87. The summed E-state index contributed by atoms with van der Waals surface area (Å²) in [6, 6.07) is 18.3. The summed E-state index contributed by atoms with van der Waals surface area (Å²) in [5.41, 5.74) is 3.32. The van der Waals surface area contributed by atoms with Gasteiger partial charge < -0.3 is 14.2 Å². The topological polar surface area (TPSA) is 86.1 Å². The summed E-state index contributed by atoms with van der Waals surface area (Å²) >= 11 is 0. The van der Waals surface area contributed by atoms with E-state index in [1.54, 1.807) is 29.3 Å². The maximum absolute atomic E-state index is 13.6. The average Bonchev–Trinajstić information content (AvgIpc) is 3.55. The summed E-state index contributed by atoms with van der Waals surface area (Å²) in [6.07, 6.45) is 3.18. The molecule has 154 valence electrons. The van der Waals surface area contributed by atoms with Crippen LogP contribution in [0.1, 0.15) is 33.4 Å². The number of carbonyl (C=O) groups is 1. The van der Waals surface area contributed by atoms with Crippen LogP contribution in [0.15, 0.2) is 82.0 Å². The number of benzene rings is 1. The van der Waals surface area contributed by atoms with Crippen LogP contribution in [-0.2, 0) is 7.05 Å². The molecule has 0 aliphatic heterocycles. The molecule has 4 aromatic heterocycles. The van der Waals surface area contributed by atoms with E-state index in [1.165, 1.54) is 0 Å². The molecule has 1 unspecified atom stereocenters. The van der Waals surface area contributed by atoms with Crippen molar-refractivity contribution in [2.75, 3.05) is 0 Å². The van der Waals surface area contributed by atoms with E-state index in [4.69, 9.17) is 8.83 Å². The number of aromatic nitrogens is 3. The Kier molecular flexibility index (Phi) is 4.63. The Morgan fingerprint density at radius 1 is 1.03 bits per heavy atom. The van der Waals surface area contributed by atoms with E-state index >= 15 is 0 Å². The molecule has 0 saturated carbocycles. The Hall–Kier alpha value is -4.13. The Labute approximate surface area is 178 Å². The molecule has 5 aromatic rings. The molecule has 0 bridgehead atoms. The maximum Gasteiger partial charge on any atom is 0.253 e. The van der Waals surface area contributed by atoms with Crippen LogP contribution in [0.4, 0.5) is 0 Å². The second kappa shape index (κ2) is 7.60. The van der Waals surface area contributed by atoms with Crippen molar-refractivity contribution < 1.29 is 13.6 Å². The van der Waals surface area contributed by atoms with E-state index in [1.807, 2.05) is 62.5 Å². The molecule has 0 fully saturated rings. The molecule has 7 nitrogen and oxygen atoms in total. The van der Waals surface area contributed by atoms with E-state index in [0.29, 0.717) is 33.8 Å². The van der Waals surface area contributed by atoms with Crippen LogP contribution in [0, 0.1) is 6.92 Å². The average molecular weight is 412 g/mol. The molecule has 0 aliphatic rings. The third-order valence-electron chi connectivity index (χ3n) is 5.22. The highest BCUT2D eigenvalue weighted by Crippen LogP contribution is 2.29. The molecule has 7 heteroatoms. The molecular formula is C24H20N4O3. The van der Waals surface area contributed by atoms with Crippen molar-refractivity contribution in [3.8, 4) is 11.5 Å². The van der Waals surface area contributed by atoms with Gasteiger partial charge in [0.2, 0.25) is 0 Å². The first kappa shape index (κ1) is 18.9. The summed E-state index contributed by atoms with van der Waals surface area (Å²) in [5, 5.41) is 8.30. The number of amides is 1. The highest BCUT2D eigenvalue weighted by molar-refractivity contribution is 6.07. The largest absolute Gasteiger partial charge is 0.467 e. The Bertz CT molecular complexity index is 1340. The Morgan fingerprint density at radius 2 is 1.81 bits per heavy atom. The number of aryl methyl sites for hydroxylation is 2. The summed E-state index contributed by atoms with van der Waals surface area (Å²) in [4.78, 5) is 18.2. The second-order valence-electron chi connectivity index (χ2n) is 7.27. The van der Waals surface area contributed by atoms with Crippen LogP contribution >= 0.6 is 0 Å². The van der Waals surface area contributed by atoms with Crippen LogP contribution < -0.4 is 5.32 Å². The highest BCUT2D eigenvalue weighted by Gasteiger charge is 2.24. The Morgan fingerprint density at radius 3 is 2.52 bits per heavy atom. The van der Waals surface area contributed by atoms with Crippen molar-refractivity contribution in [1.82, 2.24) is 20.1 Å². The molecular weight excluding hydrogens is 392 g/mol. The monoisotopic (exact) mass is 412 g/mol. The zero-order chi connectivity index (χ0) is 21.4. The molecule has 1 atom stereocenters. The first-order valence-electron chi connectivity index (χ1n) is 9.89. The van der Waals surface area contributed by atoms with Crippen LogP contribution in [0.3, 0.4) is 0 Å². The van der Waals surface area contributed by atoms with Gasteiger partial charge in [0.25, 0.3) is 5.91 Å². The third kappa shape index (κ3) is 3.40. The number of furan rings is 2. The highest BCUT2D eigenvalue weighted by atomic mass is 16.3. The minimum absolute atomic E-state index is 0.249. The van der Waals surface area contributed by atoms with Gasteiger partial charge in [0.1, 0.15) is 17.5 Å². The quantitative estimate of drug-likeness (QED) is 0.454. The first-order chi connectivity index (χ1) is 15.1. The van der Waals surface area contributed by atoms with Gasteiger partial charge in [-0.25, -0.2) is 4.98 Å². The number of fused-ring (bicyclic) bond motifs is 1. The predicted molar refractivity (Wildman–Crippen MR) is 115 cm³/mol. The minimum Gasteiger partial charge on any atom is -0.467 e. The van der Waals surface area contributed by atoms with Gasteiger partial charge in [-0.05, 0) is 42.8 Å². The van der Waals surface area contributed by atoms with Gasteiger partial charge in [-0.1, -0.05) is 30.3 Å². The molecule has 4 heterocycles. The van der Waals surface area contributed by atoms with Gasteiger partial charge >= 0.3 is 0 Å². The maximum atomic E-state index is 13.6. The minimum atomic E-state index is -0.434. The molecule has 0 saturated heterocycles. The van der Waals surface area contributed by atoms with Gasteiger partial charge in [0, 0.05) is 7.05 Å². The molecule has 31 heavy (non-hydrogen) atoms. The number of rotatable bonds is 5. The van der Waals surface area contributed by atoms with Crippen LogP contribution in [0.25, 0.3) is 22.5 Å². The summed E-state index contributed by atoms with van der Waals surface area (Å²) in [7, 11) is 1.81. The number of nitrogens with zero attached hydrogens (tertiary/aromatic N) is 3. The molecule has 5 rings (SSSR count). The zero-order valence-corrected chi connectivity index (χ0v) is 17.1. The standard InChI is InChI=1S/C24H20N4O3/c1-15-21-17(14-18(19-10-6-12-30-19)25-23(21)28(2)27-15)24(29)26-22(20-11-7-13-31-20)16-8-4-3-5-9-16/h3-14,22H,1-2H3,(H,26,29). The molecule has 1 N–H and O–H groups in total. The SMILES string of the molecule is Cc1nn(C)c2nc(-c3ccco3)cc(C(=O)NC(c3ccccc3)c3ccco3)c12. The third-order valence-corrected chi connectivity index (χ3v) is 5.22. The number of carbonyl (C=O) groups excluding carboxylic acids is 1. The number of hydrogen-bond acceptors (Lipinski definition) is 5. The van der Waals surface area contributed by atoms with Crippen molar-refractivity contribution in [3.63, 3.8) is 0 Å². The van der Waals surface area contributed by atoms with Crippen molar-refractivity contribution in [2.45, 2.75) is 13.0 Å². The second-order valence-corrected chi connectivity index (χ2v) is 7.27. The normalized spacial score (nSPS) is 12.2. The van der Waals surface area contributed by atoms with E-state index in [0.717, 1.165) is 11.3 Å². The predicted octanol–water partition coefficient (Wildman–Crippen LogP) is 4.65. The number of nitrogens with one attached hydrogen (secondary N) is 1. The molecule has 0 aliphatic carbocycles. The van der Waals surface area contributed by atoms with Gasteiger partial charge in [-0.2, -0.15) is 5.10 Å². The van der Waals surface area contributed by atoms with E-state index in [2.05, 4.69) is 15.4 Å². The fraction of sp³-hybridized carbons (Fsp3) is 0.125. The lowest BCUT2D eigenvalue weighted by atomic mass is 10.0. The molecule has 0 spiro atoms. The summed E-state index contributed by atoms with van der Waals surface area (Å²) < 4.78 is 12.8. The van der Waals surface area contributed by atoms with E-state index in [-0.39, 0.29) is 5.91 Å². The number of pyridine rings is 1. The first-order valence-corrected chi connectivity index (χ1v) is 9.89. The van der Waals surface area contributed by atoms with Crippen LogP contribution in [-0.4, -0.2) is 20.7 Å². The molecule has 0 radical (unpaired) electrons. The van der Waals surface area contributed by atoms with Crippen LogP contribution in [0.5, 0.6) is 0 Å². The lowest BCUT2D eigenvalue weighted by molar-refractivity contribution is 0.0940. The van der Waals surface area contributed by atoms with E-state index < -0.39 is 6.04 Å². The van der Waals surface area contributed by atoms with Gasteiger partial charge in [0.15, 0.2) is 11.4 Å². The van der Waals surface area contributed by atoms with Gasteiger partial charge in [0.05, 0.1) is 29.2 Å². The van der Waals surface area contributed by atoms with Crippen LogP contribution in [0.2, 0.25) is 0 Å². The summed E-state index contributed by atoms with van der Waals surface area (Å²) in [5.74, 6) is 0.987. The lowest BCUT2D eigenvalue weighted by Crippen LogP contribution is -2.29. The molecule has 1 amide bonds. The van der Waals surface area contributed by atoms with E-state index in [9.17, 15) is 4.79 Å². The van der Waals surface area contributed by atoms with Crippen molar-refractivity contribution in [1.29, 1.82) is 0 Å².